The minimum atomic E-state index is -0.285. The quantitative estimate of drug-likeness (QED) is 0.769. The van der Waals surface area contributed by atoms with Crippen molar-refractivity contribution in [2.45, 2.75) is 13.3 Å². The molecule has 1 aliphatic rings. The maximum absolute atomic E-state index is 13.3. The summed E-state index contributed by atoms with van der Waals surface area (Å²) in [6, 6.07) is 4.40. The summed E-state index contributed by atoms with van der Waals surface area (Å²) in [6.07, 6.45) is 0.871. The second-order valence-electron chi connectivity index (χ2n) is 4.55. The Labute approximate surface area is 106 Å². The number of amides is 1. The number of nitrogens with zero attached hydrogens (tertiary/aromatic N) is 2. The van der Waals surface area contributed by atoms with E-state index in [-0.39, 0.29) is 11.7 Å². The van der Waals surface area contributed by atoms with Crippen molar-refractivity contribution in [3.63, 3.8) is 0 Å². The lowest BCUT2D eigenvalue weighted by Gasteiger charge is -2.24. The number of carbonyl (C=O) groups excluding carboxylic acids is 1. The normalized spacial score (nSPS) is 16.6. The van der Waals surface area contributed by atoms with Gasteiger partial charge in [0.25, 0.3) is 0 Å². The summed E-state index contributed by atoms with van der Waals surface area (Å²) >= 11 is 0. The van der Waals surface area contributed by atoms with Crippen molar-refractivity contribution in [2.24, 2.45) is 0 Å². The van der Waals surface area contributed by atoms with E-state index in [4.69, 9.17) is 5.73 Å². The van der Waals surface area contributed by atoms with Crippen LogP contribution in [-0.4, -0.2) is 37.0 Å². The second kappa shape index (κ2) is 5.25. The van der Waals surface area contributed by atoms with Crippen LogP contribution >= 0.6 is 0 Å². The maximum atomic E-state index is 13.3. The van der Waals surface area contributed by atoms with Crippen LogP contribution in [0.1, 0.15) is 13.3 Å². The number of benzene rings is 1. The number of nitrogens with two attached hydrogens (primary N) is 1. The lowest BCUT2D eigenvalue weighted by atomic mass is 10.2. The minimum absolute atomic E-state index is 0.0871. The van der Waals surface area contributed by atoms with E-state index in [1.165, 1.54) is 12.1 Å². The molecule has 1 aromatic rings. The molecular weight excluding hydrogens is 233 g/mol. The molecule has 0 spiro atoms. The van der Waals surface area contributed by atoms with Gasteiger partial charge in [0, 0.05) is 33.1 Å². The highest BCUT2D eigenvalue weighted by molar-refractivity contribution is 5.73. The fourth-order valence-electron chi connectivity index (χ4n) is 2.26. The molecule has 2 rings (SSSR count). The van der Waals surface area contributed by atoms with Gasteiger partial charge in [-0.25, -0.2) is 4.39 Å². The number of nitrogen functional groups attached to an aromatic ring is 1. The van der Waals surface area contributed by atoms with Gasteiger partial charge in [-0.15, -0.1) is 0 Å². The standard InChI is InChI=1S/C13H18FN3O/c1-10(18)16-5-2-6-17(8-7-16)13-9-11(14)3-4-12(13)15/h3-4,9H,2,5-8,15H2,1H3. The molecule has 1 heterocycles. The van der Waals surface area contributed by atoms with Crippen molar-refractivity contribution in [2.75, 3.05) is 36.8 Å². The maximum Gasteiger partial charge on any atom is 0.219 e. The number of halogens is 1. The molecule has 0 radical (unpaired) electrons. The van der Waals surface area contributed by atoms with Gasteiger partial charge in [0.1, 0.15) is 5.82 Å². The third kappa shape index (κ3) is 2.72. The van der Waals surface area contributed by atoms with Crippen LogP contribution in [0.4, 0.5) is 15.8 Å². The summed E-state index contributed by atoms with van der Waals surface area (Å²) in [4.78, 5) is 15.2. The summed E-state index contributed by atoms with van der Waals surface area (Å²) < 4.78 is 13.3. The Kier molecular flexibility index (Phi) is 3.69. The Morgan fingerprint density at radius 1 is 1.28 bits per heavy atom. The molecule has 18 heavy (non-hydrogen) atoms. The van der Waals surface area contributed by atoms with E-state index in [1.807, 2.05) is 9.80 Å². The first-order valence-corrected chi connectivity index (χ1v) is 6.13. The first-order chi connectivity index (χ1) is 8.58. The van der Waals surface area contributed by atoms with Gasteiger partial charge in [-0.1, -0.05) is 0 Å². The summed E-state index contributed by atoms with van der Waals surface area (Å²) in [6.45, 7) is 4.46. The molecule has 0 saturated carbocycles. The smallest absolute Gasteiger partial charge is 0.219 e. The van der Waals surface area contributed by atoms with Gasteiger partial charge in [0.15, 0.2) is 0 Å². The van der Waals surface area contributed by atoms with Crippen LogP contribution < -0.4 is 10.6 Å². The average Bonchev–Trinajstić information content (AvgIpc) is 2.58. The molecule has 0 aromatic heterocycles. The molecule has 1 amide bonds. The van der Waals surface area contributed by atoms with E-state index in [1.54, 1.807) is 13.0 Å². The fourth-order valence-corrected chi connectivity index (χ4v) is 2.26. The van der Waals surface area contributed by atoms with Crippen molar-refractivity contribution in [3.8, 4) is 0 Å². The van der Waals surface area contributed by atoms with Crippen molar-refractivity contribution >= 4 is 17.3 Å². The molecule has 98 valence electrons. The van der Waals surface area contributed by atoms with Crippen molar-refractivity contribution in [1.82, 2.24) is 4.90 Å². The molecule has 0 aliphatic carbocycles. The predicted molar refractivity (Wildman–Crippen MR) is 69.9 cm³/mol. The van der Waals surface area contributed by atoms with E-state index in [2.05, 4.69) is 0 Å². The summed E-state index contributed by atoms with van der Waals surface area (Å²) in [5.74, 6) is -0.198. The topological polar surface area (TPSA) is 49.6 Å². The van der Waals surface area contributed by atoms with Crippen LogP contribution in [0.5, 0.6) is 0 Å². The van der Waals surface area contributed by atoms with Gasteiger partial charge >= 0.3 is 0 Å². The largest absolute Gasteiger partial charge is 0.397 e. The third-order valence-electron chi connectivity index (χ3n) is 3.27. The molecule has 1 saturated heterocycles. The minimum Gasteiger partial charge on any atom is -0.397 e. The van der Waals surface area contributed by atoms with Gasteiger partial charge in [0.2, 0.25) is 5.91 Å². The second-order valence-corrected chi connectivity index (χ2v) is 4.55. The van der Waals surface area contributed by atoms with Crippen LogP contribution in [0.15, 0.2) is 18.2 Å². The Bertz CT molecular complexity index is 450. The van der Waals surface area contributed by atoms with E-state index >= 15 is 0 Å². The van der Waals surface area contributed by atoms with Crippen LogP contribution in [0.2, 0.25) is 0 Å². The van der Waals surface area contributed by atoms with Crippen LogP contribution in [0.3, 0.4) is 0 Å². The van der Waals surface area contributed by atoms with Crippen molar-refractivity contribution < 1.29 is 9.18 Å². The van der Waals surface area contributed by atoms with E-state index in [0.717, 1.165) is 25.2 Å². The lowest BCUT2D eigenvalue weighted by Crippen LogP contribution is -2.33. The molecule has 2 N–H and O–H groups in total. The van der Waals surface area contributed by atoms with Crippen molar-refractivity contribution in [3.05, 3.63) is 24.0 Å². The summed E-state index contributed by atoms with van der Waals surface area (Å²) in [5.41, 5.74) is 7.18. The molecule has 1 aliphatic heterocycles. The zero-order valence-corrected chi connectivity index (χ0v) is 10.5. The molecule has 1 fully saturated rings. The molecule has 0 unspecified atom stereocenters. The van der Waals surface area contributed by atoms with Crippen LogP contribution in [0.25, 0.3) is 0 Å². The zero-order valence-electron chi connectivity index (χ0n) is 10.5. The van der Waals surface area contributed by atoms with Crippen molar-refractivity contribution in [1.29, 1.82) is 0 Å². The van der Waals surface area contributed by atoms with Gasteiger partial charge in [-0.2, -0.15) is 0 Å². The highest BCUT2D eigenvalue weighted by Gasteiger charge is 2.18. The van der Waals surface area contributed by atoms with Gasteiger partial charge in [-0.3, -0.25) is 4.79 Å². The predicted octanol–water partition coefficient (Wildman–Crippen LogP) is 1.47. The molecular formula is C13H18FN3O. The van der Waals surface area contributed by atoms with Crippen LogP contribution in [0, 0.1) is 5.82 Å². The molecule has 0 atom stereocenters. The number of rotatable bonds is 1. The Morgan fingerprint density at radius 2 is 2.06 bits per heavy atom. The Hall–Kier alpha value is -1.78. The van der Waals surface area contributed by atoms with E-state index in [0.29, 0.717) is 18.8 Å². The number of anilines is 2. The highest BCUT2D eigenvalue weighted by atomic mass is 19.1. The number of hydrogen-bond donors (Lipinski definition) is 1. The highest BCUT2D eigenvalue weighted by Crippen LogP contribution is 2.25. The first-order valence-electron chi connectivity index (χ1n) is 6.13. The summed E-state index contributed by atoms with van der Waals surface area (Å²) in [5, 5.41) is 0. The average molecular weight is 251 g/mol. The van der Waals surface area contributed by atoms with Gasteiger partial charge in [0.05, 0.1) is 11.4 Å². The molecule has 4 nitrogen and oxygen atoms in total. The number of carbonyl (C=O) groups is 1. The molecule has 5 heteroatoms. The Morgan fingerprint density at radius 3 is 2.78 bits per heavy atom. The van der Waals surface area contributed by atoms with E-state index < -0.39 is 0 Å². The first kappa shape index (κ1) is 12.7. The zero-order chi connectivity index (χ0) is 13.1. The number of hydrogen-bond acceptors (Lipinski definition) is 3. The van der Waals surface area contributed by atoms with Crippen LogP contribution in [-0.2, 0) is 4.79 Å². The lowest BCUT2D eigenvalue weighted by molar-refractivity contribution is -0.128. The monoisotopic (exact) mass is 251 g/mol. The Balaban J connectivity index is 2.14. The fraction of sp³-hybridized carbons (Fsp3) is 0.462. The van der Waals surface area contributed by atoms with E-state index in [9.17, 15) is 9.18 Å². The molecule has 1 aromatic carbocycles. The SMILES string of the molecule is CC(=O)N1CCCN(c2cc(F)ccc2N)CC1. The molecule has 0 bridgehead atoms. The van der Waals surface area contributed by atoms with Gasteiger partial charge in [-0.05, 0) is 24.6 Å². The third-order valence-corrected chi connectivity index (χ3v) is 3.27. The van der Waals surface area contributed by atoms with Gasteiger partial charge < -0.3 is 15.5 Å². The summed E-state index contributed by atoms with van der Waals surface area (Å²) in [7, 11) is 0.